The van der Waals surface area contributed by atoms with Crippen LogP contribution in [0.5, 0.6) is 0 Å². The predicted molar refractivity (Wildman–Crippen MR) is 50.0 cm³/mol. The maximum atomic E-state index is 10.9. The second-order valence-corrected chi connectivity index (χ2v) is 3.61. The van der Waals surface area contributed by atoms with Gasteiger partial charge in [0.05, 0.1) is 0 Å². The fourth-order valence-electron chi connectivity index (χ4n) is 1.80. The number of rotatable bonds is 2. The molecule has 1 aliphatic heterocycles. The van der Waals surface area contributed by atoms with E-state index < -0.39 is 0 Å². The van der Waals surface area contributed by atoms with E-state index in [4.69, 9.17) is 0 Å². The summed E-state index contributed by atoms with van der Waals surface area (Å²) >= 11 is 0. The summed E-state index contributed by atoms with van der Waals surface area (Å²) < 4.78 is 0. The zero-order chi connectivity index (χ0) is 9.10. The molecule has 0 radical (unpaired) electrons. The molecule has 2 heterocycles. The Bertz CT molecular complexity index is 239. The SMILES string of the molecule is [O-]N1CCC(Cc2ncc[nH]2)CC1. The van der Waals surface area contributed by atoms with Crippen LogP contribution in [-0.2, 0) is 6.42 Å². The molecule has 0 atom stereocenters. The average molecular weight is 180 g/mol. The van der Waals surface area contributed by atoms with Crippen molar-refractivity contribution in [2.75, 3.05) is 13.1 Å². The molecule has 4 nitrogen and oxygen atoms in total. The van der Waals surface area contributed by atoms with Crippen molar-refractivity contribution >= 4 is 0 Å². The molecule has 0 amide bonds. The summed E-state index contributed by atoms with van der Waals surface area (Å²) in [5.74, 6) is 1.68. The normalized spacial score (nSPS) is 20.7. The van der Waals surface area contributed by atoms with E-state index in [1.165, 1.54) is 0 Å². The maximum absolute atomic E-state index is 10.9. The number of hydroxylamine groups is 2. The van der Waals surface area contributed by atoms with E-state index in [9.17, 15) is 5.21 Å². The lowest BCUT2D eigenvalue weighted by Gasteiger charge is -2.36. The molecule has 4 heteroatoms. The summed E-state index contributed by atoms with van der Waals surface area (Å²) in [6, 6.07) is 0. The zero-order valence-electron chi connectivity index (χ0n) is 7.57. The van der Waals surface area contributed by atoms with Gasteiger partial charge in [0.2, 0.25) is 0 Å². The van der Waals surface area contributed by atoms with Gasteiger partial charge >= 0.3 is 0 Å². The Morgan fingerprint density at radius 2 is 2.31 bits per heavy atom. The van der Waals surface area contributed by atoms with E-state index in [0.29, 0.717) is 19.0 Å². The zero-order valence-corrected chi connectivity index (χ0v) is 7.57. The first-order valence-electron chi connectivity index (χ1n) is 4.75. The summed E-state index contributed by atoms with van der Waals surface area (Å²) in [5, 5.41) is 12.1. The summed E-state index contributed by atoms with van der Waals surface area (Å²) in [6.07, 6.45) is 6.62. The first-order chi connectivity index (χ1) is 6.34. The van der Waals surface area contributed by atoms with Gasteiger partial charge in [0.1, 0.15) is 5.82 Å². The summed E-state index contributed by atoms with van der Waals surface area (Å²) in [5.41, 5.74) is 0. The number of hydrogen-bond donors (Lipinski definition) is 1. The summed E-state index contributed by atoms with van der Waals surface area (Å²) in [7, 11) is 0. The average Bonchev–Trinajstić information content (AvgIpc) is 2.62. The van der Waals surface area contributed by atoms with Crippen LogP contribution in [0.2, 0.25) is 0 Å². The largest absolute Gasteiger partial charge is 0.785 e. The smallest absolute Gasteiger partial charge is 0.106 e. The van der Waals surface area contributed by atoms with E-state index in [-0.39, 0.29) is 0 Å². The molecule has 1 aromatic heterocycles. The first kappa shape index (κ1) is 8.72. The predicted octanol–water partition coefficient (Wildman–Crippen LogP) is 1.16. The van der Waals surface area contributed by atoms with Crippen molar-refractivity contribution < 1.29 is 0 Å². The van der Waals surface area contributed by atoms with Gasteiger partial charge < -0.3 is 15.3 Å². The third-order valence-corrected chi connectivity index (χ3v) is 2.61. The van der Waals surface area contributed by atoms with E-state index in [2.05, 4.69) is 9.97 Å². The van der Waals surface area contributed by atoms with Crippen molar-refractivity contribution in [3.05, 3.63) is 23.4 Å². The highest BCUT2D eigenvalue weighted by Gasteiger charge is 2.15. The third-order valence-electron chi connectivity index (χ3n) is 2.61. The molecule has 13 heavy (non-hydrogen) atoms. The lowest BCUT2D eigenvalue weighted by atomic mass is 9.94. The van der Waals surface area contributed by atoms with Gasteiger partial charge in [-0.15, -0.1) is 0 Å². The van der Waals surface area contributed by atoms with Crippen molar-refractivity contribution in [2.24, 2.45) is 5.92 Å². The molecule has 0 spiro atoms. The maximum Gasteiger partial charge on any atom is 0.106 e. The van der Waals surface area contributed by atoms with Gasteiger partial charge in [0.15, 0.2) is 0 Å². The minimum absolute atomic E-state index is 0.636. The number of H-pyrrole nitrogens is 1. The van der Waals surface area contributed by atoms with Gasteiger partial charge in [-0.1, -0.05) is 0 Å². The molecule has 0 aliphatic carbocycles. The number of imidazole rings is 1. The van der Waals surface area contributed by atoms with Crippen LogP contribution in [0.1, 0.15) is 18.7 Å². The Kier molecular flexibility index (Phi) is 2.61. The molecule has 1 N–H and O–H groups in total. The fraction of sp³-hybridized carbons (Fsp3) is 0.667. The van der Waals surface area contributed by atoms with Crippen molar-refractivity contribution in [2.45, 2.75) is 19.3 Å². The first-order valence-corrected chi connectivity index (χ1v) is 4.75. The second kappa shape index (κ2) is 3.89. The van der Waals surface area contributed by atoms with Crippen LogP contribution >= 0.6 is 0 Å². The van der Waals surface area contributed by atoms with E-state index in [0.717, 1.165) is 30.2 Å². The Hall–Kier alpha value is -0.870. The van der Waals surface area contributed by atoms with Crippen LogP contribution in [-0.4, -0.2) is 28.1 Å². The molecule has 0 aromatic carbocycles. The van der Waals surface area contributed by atoms with Gasteiger partial charge in [-0.25, -0.2) is 4.98 Å². The minimum Gasteiger partial charge on any atom is -0.785 e. The lowest BCUT2D eigenvalue weighted by molar-refractivity contribution is 0.241. The number of piperidine rings is 1. The third kappa shape index (κ3) is 2.29. The molecule has 1 aliphatic rings. The van der Waals surface area contributed by atoms with Crippen LogP contribution in [0.4, 0.5) is 0 Å². The monoisotopic (exact) mass is 180 g/mol. The lowest BCUT2D eigenvalue weighted by Crippen LogP contribution is -2.29. The van der Waals surface area contributed by atoms with E-state index in [1.54, 1.807) is 6.20 Å². The fourth-order valence-corrected chi connectivity index (χ4v) is 1.80. The van der Waals surface area contributed by atoms with E-state index >= 15 is 0 Å². The Morgan fingerprint density at radius 1 is 1.54 bits per heavy atom. The van der Waals surface area contributed by atoms with Crippen molar-refractivity contribution in [1.29, 1.82) is 0 Å². The molecule has 1 aromatic rings. The van der Waals surface area contributed by atoms with Crippen LogP contribution in [0.15, 0.2) is 12.4 Å². The molecule has 0 unspecified atom stereocenters. The number of aromatic nitrogens is 2. The molecule has 0 bridgehead atoms. The quantitative estimate of drug-likeness (QED) is 0.743. The number of nitrogens with one attached hydrogen (secondary N) is 1. The van der Waals surface area contributed by atoms with Crippen molar-refractivity contribution in [3.63, 3.8) is 0 Å². The van der Waals surface area contributed by atoms with Gasteiger partial charge in [-0.05, 0) is 31.8 Å². The van der Waals surface area contributed by atoms with Crippen molar-refractivity contribution in [1.82, 2.24) is 15.0 Å². The molecule has 1 fully saturated rings. The van der Waals surface area contributed by atoms with Crippen LogP contribution in [0, 0.1) is 11.1 Å². The van der Waals surface area contributed by atoms with Crippen LogP contribution in [0.25, 0.3) is 0 Å². The Balaban J connectivity index is 1.83. The highest BCUT2D eigenvalue weighted by Crippen LogP contribution is 2.19. The highest BCUT2D eigenvalue weighted by molar-refractivity contribution is 4.90. The molecule has 0 saturated carbocycles. The topological polar surface area (TPSA) is 55.0 Å². The standard InChI is InChI=1S/C9H14N3O/c13-12-5-1-8(2-6-12)7-9-10-3-4-11-9/h3-4,8H,1-2,5-7H2,(H,10,11)/q-1. The second-order valence-electron chi connectivity index (χ2n) is 3.61. The van der Waals surface area contributed by atoms with Crippen LogP contribution < -0.4 is 0 Å². The van der Waals surface area contributed by atoms with Gasteiger partial charge in [-0.2, -0.15) is 0 Å². The van der Waals surface area contributed by atoms with Gasteiger partial charge in [-0.3, -0.25) is 0 Å². The highest BCUT2D eigenvalue weighted by atomic mass is 16.5. The Labute approximate surface area is 77.6 Å². The van der Waals surface area contributed by atoms with Gasteiger partial charge in [0.25, 0.3) is 0 Å². The number of hydrogen-bond acceptors (Lipinski definition) is 3. The van der Waals surface area contributed by atoms with E-state index in [1.807, 2.05) is 6.20 Å². The summed E-state index contributed by atoms with van der Waals surface area (Å²) in [4.78, 5) is 7.27. The molecular formula is C9H14N3O-. The van der Waals surface area contributed by atoms with Gasteiger partial charge in [0, 0.05) is 18.8 Å². The molecule has 1 saturated heterocycles. The molecular weight excluding hydrogens is 166 g/mol. The summed E-state index contributed by atoms with van der Waals surface area (Å²) in [6.45, 7) is 1.37. The number of aromatic amines is 1. The Morgan fingerprint density at radius 3 is 2.92 bits per heavy atom. The minimum atomic E-state index is 0.636. The molecule has 72 valence electrons. The van der Waals surface area contributed by atoms with Crippen LogP contribution in [0.3, 0.4) is 0 Å². The molecule has 2 rings (SSSR count). The number of nitrogens with zero attached hydrogens (tertiary/aromatic N) is 2. The van der Waals surface area contributed by atoms with Crippen molar-refractivity contribution in [3.8, 4) is 0 Å².